The lowest BCUT2D eigenvalue weighted by Gasteiger charge is -2.15. The van der Waals surface area contributed by atoms with Crippen LogP contribution in [0.3, 0.4) is 0 Å². The van der Waals surface area contributed by atoms with Gasteiger partial charge in [-0.05, 0) is 43.0 Å². The van der Waals surface area contributed by atoms with Gasteiger partial charge in [0, 0.05) is 6.54 Å². The third-order valence-electron chi connectivity index (χ3n) is 2.74. The Morgan fingerprint density at radius 3 is 2.33 bits per heavy atom. The number of aryl methyl sites for hydroxylation is 1. The maximum absolute atomic E-state index is 5.36. The first-order valence-corrected chi connectivity index (χ1v) is 5.01. The molecule has 0 radical (unpaired) electrons. The molecule has 0 saturated carbocycles. The van der Waals surface area contributed by atoms with E-state index in [2.05, 4.69) is 32.3 Å². The molecule has 0 fully saturated rings. The average molecular weight is 209 g/mol. The van der Waals surface area contributed by atoms with Crippen molar-refractivity contribution in [2.75, 3.05) is 14.2 Å². The highest BCUT2D eigenvalue weighted by Gasteiger charge is 2.09. The Morgan fingerprint density at radius 1 is 1.13 bits per heavy atom. The molecule has 0 aromatic heterocycles. The zero-order valence-corrected chi connectivity index (χ0v) is 10.1. The number of benzene rings is 1. The lowest BCUT2D eigenvalue weighted by atomic mass is 9.99. The van der Waals surface area contributed by atoms with E-state index >= 15 is 0 Å². The van der Waals surface area contributed by atoms with Gasteiger partial charge in [0.15, 0.2) is 0 Å². The minimum atomic E-state index is 0.716. The van der Waals surface area contributed by atoms with Gasteiger partial charge in [0.05, 0.1) is 14.2 Å². The van der Waals surface area contributed by atoms with E-state index in [1.54, 1.807) is 14.2 Å². The summed E-state index contributed by atoms with van der Waals surface area (Å²) in [5, 5.41) is 0. The van der Waals surface area contributed by atoms with Gasteiger partial charge in [-0.1, -0.05) is 6.07 Å². The standard InChI is InChI=1S/C12H19NO2/c1-8-6-11(7-13-15-5)9(2)10(3)12(8)14-4/h6,13H,7H2,1-5H3. The zero-order chi connectivity index (χ0) is 11.4. The molecule has 0 aliphatic rings. The molecule has 0 aliphatic heterocycles. The Balaban J connectivity index is 3.10. The molecule has 3 nitrogen and oxygen atoms in total. The Kier molecular flexibility index (Phi) is 4.12. The predicted octanol–water partition coefficient (Wildman–Crippen LogP) is 2.27. The van der Waals surface area contributed by atoms with Crippen LogP contribution in [0.25, 0.3) is 0 Å². The highest BCUT2D eigenvalue weighted by molar-refractivity contribution is 5.48. The van der Waals surface area contributed by atoms with E-state index in [1.165, 1.54) is 16.7 Å². The Morgan fingerprint density at radius 2 is 1.80 bits per heavy atom. The summed E-state index contributed by atoms with van der Waals surface area (Å²) < 4.78 is 5.36. The summed E-state index contributed by atoms with van der Waals surface area (Å²) in [6.45, 7) is 6.96. The number of methoxy groups -OCH3 is 1. The Bertz CT molecular complexity index is 348. The van der Waals surface area contributed by atoms with Crippen LogP contribution in [0.2, 0.25) is 0 Å². The first-order valence-electron chi connectivity index (χ1n) is 5.01. The van der Waals surface area contributed by atoms with E-state index < -0.39 is 0 Å². The van der Waals surface area contributed by atoms with E-state index in [9.17, 15) is 0 Å². The Hall–Kier alpha value is -1.06. The third-order valence-corrected chi connectivity index (χ3v) is 2.74. The molecule has 0 unspecified atom stereocenters. The van der Waals surface area contributed by atoms with Gasteiger partial charge in [-0.2, -0.15) is 5.48 Å². The van der Waals surface area contributed by atoms with Crippen molar-refractivity contribution in [3.05, 3.63) is 28.3 Å². The van der Waals surface area contributed by atoms with Crippen LogP contribution in [0.4, 0.5) is 0 Å². The normalized spacial score (nSPS) is 10.5. The van der Waals surface area contributed by atoms with E-state index in [4.69, 9.17) is 9.57 Å². The highest BCUT2D eigenvalue weighted by atomic mass is 16.6. The molecule has 0 saturated heterocycles. The summed E-state index contributed by atoms with van der Waals surface area (Å²) in [4.78, 5) is 4.86. The monoisotopic (exact) mass is 209 g/mol. The van der Waals surface area contributed by atoms with E-state index in [0.717, 1.165) is 11.3 Å². The summed E-state index contributed by atoms with van der Waals surface area (Å²) in [5.74, 6) is 0.980. The quantitative estimate of drug-likeness (QED) is 0.772. The van der Waals surface area contributed by atoms with Gasteiger partial charge in [-0.3, -0.25) is 0 Å². The molecule has 0 amide bonds. The summed E-state index contributed by atoms with van der Waals surface area (Å²) in [6, 6.07) is 2.13. The average Bonchev–Trinajstić information content (AvgIpc) is 2.22. The number of nitrogens with one attached hydrogen (secondary N) is 1. The number of ether oxygens (including phenoxy) is 1. The lowest BCUT2D eigenvalue weighted by Crippen LogP contribution is -2.12. The SMILES string of the molecule is CONCc1cc(C)c(OC)c(C)c1C. The number of hydrogen-bond donors (Lipinski definition) is 1. The zero-order valence-electron chi connectivity index (χ0n) is 10.1. The van der Waals surface area contributed by atoms with Crippen LogP contribution in [-0.2, 0) is 11.4 Å². The van der Waals surface area contributed by atoms with Crippen molar-refractivity contribution >= 4 is 0 Å². The molecule has 0 aliphatic carbocycles. The molecule has 15 heavy (non-hydrogen) atoms. The fraction of sp³-hybridized carbons (Fsp3) is 0.500. The molecule has 1 rings (SSSR count). The fourth-order valence-electron chi connectivity index (χ4n) is 1.79. The van der Waals surface area contributed by atoms with Crippen LogP contribution in [0, 0.1) is 20.8 Å². The van der Waals surface area contributed by atoms with E-state index in [1.807, 2.05) is 0 Å². The van der Waals surface area contributed by atoms with E-state index in [0.29, 0.717) is 6.54 Å². The van der Waals surface area contributed by atoms with Crippen molar-refractivity contribution in [3.8, 4) is 5.75 Å². The summed E-state index contributed by atoms with van der Waals surface area (Å²) >= 11 is 0. The van der Waals surface area contributed by atoms with Crippen LogP contribution >= 0.6 is 0 Å². The van der Waals surface area contributed by atoms with Crippen molar-refractivity contribution in [2.45, 2.75) is 27.3 Å². The second-order valence-corrected chi connectivity index (χ2v) is 3.66. The molecule has 0 bridgehead atoms. The third kappa shape index (κ3) is 2.49. The van der Waals surface area contributed by atoms with E-state index in [-0.39, 0.29) is 0 Å². The molecular weight excluding hydrogens is 190 g/mol. The predicted molar refractivity (Wildman–Crippen MR) is 61.1 cm³/mol. The van der Waals surface area contributed by atoms with Crippen molar-refractivity contribution in [3.63, 3.8) is 0 Å². The van der Waals surface area contributed by atoms with Crippen LogP contribution < -0.4 is 10.2 Å². The number of hydrogen-bond acceptors (Lipinski definition) is 3. The van der Waals surface area contributed by atoms with Crippen LogP contribution in [0.15, 0.2) is 6.07 Å². The number of rotatable bonds is 4. The fourth-order valence-corrected chi connectivity index (χ4v) is 1.79. The molecule has 1 aromatic rings. The van der Waals surface area contributed by atoms with Crippen molar-refractivity contribution < 1.29 is 9.57 Å². The Labute approximate surface area is 91.4 Å². The van der Waals surface area contributed by atoms with Crippen molar-refractivity contribution in [1.29, 1.82) is 0 Å². The lowest BCUT2D eigenvalue weighted by molar-refractivity contribution is 0.0865. The summed E-state index contributed by atoms with van der Waals surface area (Å²) in [7, 11) is 3.33. The molecule has 0 spiro atoms. The largest absolute Gasteiger partial charge is 0.496 e. The second kappa shape index (κ2) is 5.14. The number of hydroxylamine groups is 1. The maximum Gasteiger partial charge on any atom is 0.124 e. The maximum atomic E-state index is 5.36. The molecule has 1 N–H and O–H groups in total. The summed E-state index contributed by atoms with van der Waals surface area (Å²) in [6.07, 6.45) is 0. The van der Waals surface area contributed by atoms with Crippen LogP contribution in [0.1, 0.15) is 22.3 Å². The minimum Gasteiger partial charge on any atom is -0.496 e. The van der Waals surface area contributed by atoms with Crippen molar-refractivity contribution in [2.24, 2.45) is 0 Å². The topological polar surface area (TPSA) is 30.5 Å². The van der Waals surface area contributed by atoms with Gasteiger partial charge in [-0.15, -0.1) is 0 Å². The van der Waals surface area contributed by atoms with Gasteiger partial charge in [-0.25, -0.2) is 0 Å². The molecular formula is C12H19NO2. The molecule has 84 valence electrons. The van der Waals surface area contributed by atoms with Crippen LogP contribution in [0.5, 0.6) is 5.75 Å². The molecule has 0 atom stereocenters. The minimum absolute atomic E-state index is 0.716. The van der Waals surface area contributed by atoms with Crippen LogP contribution in [-0.4, -0.2) is 14.2 Å². The smallest absolute Gasteiger partial charge is 0.124 e. The van der Waals surface area contributed by atoms with Gasteiger partial charge in [0.1, 0.15) is 5.75 Å². The molecule has 1 aromatic carbocycles. The van der Waals surface area contributed by atoms with Gasteiger partial charge < -0.3 is 9.57 Å². The van der Waals surface area contributed by atoms with Gasteiger partial charge >= 0.3 is 0 Å². The highest BCUT2D eigenvalue weighted by Crippen LogP contribution is 2.28. The first kappa shape index (κ1) is 12.0. The first-order chi connectivity index (χ1) is 7.11. The van der Waals surface area contributed by atoms with Crippen molar-refractivity contribution in [1.82, 2.24) is 5.48 Å². The molecule has 0 heterocycles. The second-order valence-electron chi connectivity index (χ2n) is 3.66. The summed E-state index contributed by atoms with van der Waals surface area (Å²) in [5.41, 5.74) is 7.71. The van der Waals surface area contributed by atoms with Gasteiger partial charge in [0.2, 0.25) is 0 Å². The van der Waals surface area contributed by atoms with Gasteiger partial charge in [0.25, 0.3) is 0 Å². The molecule has 3 heteroatoms.